The molecule has 1 aromatic carbocycles. The first-order chi connectivity index (χ1) is 7.78. The fraction of sp³-hybridized carbons (Fsp3) is 0.154. The van der Waals surface area contributed by atoms with Crippen molar-refractivity contribution in [3.8, 4) is 11.5 Å². The molecule has 0 aliphatic heterocycles. The summed E-state index contributed by atoms with van der Waals surface area (Å²) in [6.07, 6.45) is 3.45. The highest BCUT2D eigenvalue weighted by Gasteiger charge is 1.98. The minimum Gasteiger partial charge on any atom is -0.456 e. The van der Waals surface area contributed by atoms with E-state index in [2.05, 4.69) is 10.3 Å². The Kier molecular flexibility index (Phi) is 3.05. The normalized spacial score (nSPS) is 9.88. The van der Waals surface area contributed by atoms with Gasteiger partial charge in [0.25, 0.3) is 0 Å². The fourth-order valence-corrected chi connectivity index (χ4v) is 1.43. The van der Waals surface area contributed by atoms with Crippen LogP contribution in [0.3, 0.4) is 0 Å². The zero-order chi connectivity index (χ0) is 11.4. The van der Waals surface area contributed by atoms with Crippen molar-refractivity contribution in [2.24, 2.45) is 0 Å². The van der Waals surface area contributed by atoms with Crippen LogP contribution in [0.5, 0.6) is 11.5 Å². The van der Waals surface area contributed by atoms with Gasteiger partial charge in [-0.05, 0) is 24.6 Å². The summed E-state index contributed by atoms with van der Waals surface area (Å²) in [6.45, 7) is 2.04. The molecule has 0 aliphatic rings. The van der Waals surface area contributed by atoms with E-state index in [1.807, 2.05) is 44.3 Å². The van der Waals surface area contributed by atoms with Crippen LogP contribution < -0.4 is 10.1 Å². The van der Waals surface area contributed by atoms with Crippen LogP contribution in [0, 0.1) is 6.92 Å². The van der Waals surface area contributed by atoms with Crippen LogP contribution in [0.15, 0.2) is 42.7 Å². The van der Waals surface area contributed by atoms with E-state index in [9.17, 15) is 0 Å². The van der Waals surface area contributed by atoms with E-state index in [-0.39, 0.29) is 0 Å². The molecule has 0 aliphatic carbocycles. The van der Waals surface area contributed by atoms with Crippen LogP contribution in [0.2, 0.25) is 0 Å². The molecule has 0 atom stereocenters. The first-order valence-electron chi connectivity index (χ1n) is 5.15. The van der Waals surface area contributed by atoms with Gasteiger partial charge in [0.1, 0.15) is 11.5 Å². The Bertz CT molecular complexity index is 483. The molecular weight excluding hydrogens is 200 g/mol. The summed E-state index contributed by atoms with van der Waals surface area (Å²) in [6, 6.07) is 9.84. The van der Waals surface area contributed by atoms with Crippen molar-refractivity contribution in [1.29, 1.82) is 0 Å². The second kappa shape index (κ2) is 4.66. The summed E-state index contributed by atoms with van der Waals surface area (Å²) in [5.41, 5.74) is 2.11. The zero-order valence-corrected chi connectivity index (χ0v) is 9.40. The molecule has 0 unspecified atom stereocenters. The van der Waals surface area contributed by atoms with E-state index >= 15 is 0 Å². The summed E-state index contributed by atoms with van der Waals surface area (Å²) in [7, 11) is 1.85. The Morgan fingerprint density at radius 1 is 1.12 bits per heavy atom. The fourth-order valence-electron chi connectivity index (χ4n) is 1.43. The van der Waals surface area contributed by atoms with Gasteiger partial charge in [-0.25, -0.2) is 0 Å². The van der Waals surface area contributed by atoms with Gasteiger partial charge in [-0.1, -0.05) is 12.1 Å². The second-order valence-corrected chi connectivity index (χ2v) is 3.58. The lowest BCUT2D eigenvalue weighted by atomic mass is 10.2. The van der Waals surface area contributed by atoms with Gasteiger partial charge in [0, 0.05) is 13.1 Å². The van der Waals surface area contributed by atoms with E-state index in [0.717, 1.165) is 17.2 Å². The summed E-state index contributed by atoms with van der Waals surface area (Å²) in [5.74, 6) is 1.56. The highest BCUT2D eigenvalue weighted by atomic mass is 16.5. The first kappa shape index (κ1) is 10.5. The number of hydrogen-bond acceptors (Lipinski definition) is 3. The summed E-state index contributed by atoms with van der Waals surface area (Å²) >= 11 is 0. The van der Waals surface area contributed by atoms with Crippen LogP contribution in [-0.4, -0.2) is 12.0 Å². The van der Waals surface area contributed by atoms with E-state index < -0.39 is 0 Å². The predicted octanol–water partition coefficient (Wildman–Crippen LogP) is 3.22. The van der Waals surface area contributed by atoms with Crippen molar-refractivity contribution in [2.45, 2.75) is 6.92 Å². The number of nitrogens with one attached hydrogen (secondary N) is 1. The molecule has 3 heteroatoms. The van der Waals surface area contributed by atoms with E-state index in [1.54, 1.807) is 12.4 Å². The molecule has 0 saturated carbocycles. The molecule has 16 heavy (non-hydrogen) atoms. The molecule has 2 aromatic rings. The Balaban J connectivity index is 2.20. The molecule has 0 radical (unpaired) electrons. The number of pyridine rings is 1. The van der Waals surface area contributed by atoms with Gasteiger partial charge in [0.05, 0.1) is 18.1 Å². The summed E-state index contributed by atoms with van der Waals surface area (Å²) in [5, 5.41) is 3.02. The Labute approximate surface area is 95.1 Å². The van der Waals surface area contributed by atoms with Crippen LogP contribution in [0.1, 0.15) is 5.56 Å². The third-order valence-corrected chi connectivity index (χ3v) is 2.23. The highest BCUT2D eigenvalue weighted by molar-refractivity contribution is 5.45. The average Bonchev–Trinajstić information content (AvgIpc) is 2.29. The third-order valence-electron chi connectivity index (χ3n) is 2.23. The van der Waals surface area contributed by atoms with Crippen molar-refractivity contribution < 1.29 is 4.74 Å². The number of nitrogens with zero attached hydrogens (tertiary/aromatic N) is 1. The molecule has 0 bridgehead atoms. The van der Waals surface area contributed by atoms with Crippen LogP contribution in [-0.2, 0) is 0 Å². The molecule has 2 rings (SSSR count). The molecule has 0 fully saturated rings. The van der Waals surface area contributed by atoms with Crippen LogP contribution in [0.25, 0.3) is 0 Å². The molecule has 1 heterocycles. The Hall–Kier alpha value is -2.03. The van der Waals surface area contributed by atoms with Crippen molar-refractivity contribution in [3.05, 3.63) is 48.3 Å². The monoisotopic (exact) mass is 214 g/mol. The topological polar surface area (TPSA) is 34.2 Å². The summed E-state index contributed by atoms with van der Waals surface area (Å²) in [4.78, 5) is 4.09. The standard InChI is InChI=1S/C13H14N2O/c1-10-4-3-5-12(6-10)16-13-7-11(14-2)8-15-9-13/h3-9,14H,1-2H3. The lowest BCUT2D eigenvalue weighted by molar-refractivity contribution is 0.480. The van der Waals surface area contributed by atoms with Gasteiger partial charge in [0.15, 0.2) is 0 Å². The van der Waals surface area contributed by atoms with Gasteiger partial charge >= 0.3 is 0 Å². The first-order valence-corrected chi connectivity index (χ1v) is 5.15. The third kappa shape index (κ3) is 2.51. The molecule has 3 nitrogen and oxygen atoms in total. The van der Waals surface area contributed by atoms with E-state index in [0.29, 0.717) is 0 Å². The maximum atomic E-state index is 5.70. The number of ether oxygens (including phenoxy) is 1. The Morgan fingerprint density at radius 3 is 2.75 bits per heavy atom. The van der Waals surface area contributed by atoms with Crippen LogP contribution in [0.4, 0.5) is 5.69 Å². The maximum absolute atomic E-state index is 5.70. The van der Waals surface area contributed by atoms with Gasteiger partial charge in [0.2, 0.25) is 0 Å². The minimum absolute atomic E-state index is 0.734. The molecule has 0 saturated heterocycles. The molecular formula is C13H14N2O. The zero-order valence-electron chi connectivity index (χ0n) is 9.40. The number of aromatic nitrogens is 1. The van der Waals surface area contributed by atoms with E-state index in [4.69, 9.17) is 4.74 Å². The smallest absolute Gasteiger partial charge is 0.147 e. The number of rotatable bonds is 3. The van der Waals surface area contributed by atoms with Crippen molar-refractivity contribution in [2.75, 3.05) is 12.4 Å². The van der Waals surface area contributed by atoms with Gasteiger partial charge < -0.3 is 10.1 Å². The highest BCUT2D eigenvalue weighted by Crippen LogP contribution is 2.23. The quantitative estimate of drug-likeness (QED) is 0.851. The van der Waals surface area contributed by atoms with Crippen molar-refractivity contribution >= 4 is 5.69 Å². The largest absolute Gasteiger partial charge is 0.456 e. The van der Waals surface area contributed by atoms with Gasteiger partial charge in [-0.2, -0.15) is 0 Å². The number of hydrogen-bond donors (Lipinski definition) is 1. The number of benzene rings is 1. The molecule has 0 spiro atoms. The SMILES string of the molecule is CNc1cncc(Oc2cccc(C)c2)c1. The minimum atomic E-state index is 0.734. The van der Waals surface area contributed by atoms with Gasteiger partial charge in [-0.3, -0.25) is 4.98 Å². The Morgan fingerprint density at radius 2 is 2.00 bits per heavy atom. The molecule has 1 aromatic heterocycles. The van der Waals surface area contributed by atoms with E-state index in [1.165, 1.54) is 5.56 Å². The average molecular weight is 214 g/mol. The van der Waals surface area contributed by atoms with Crippen molar-refractivity contribution in [1.82, 2.24) is 4.98 Å². The number of anilines is 1. The number of aryl methyl sites for hydroxylation is 1. The maximum Gasteiger partial charge on any atom is 0.147 e. The van der Waals surface area contributed by atoms with Crippen LogP contribution >= 0.6 is 0 Å². The molecule has 1 N–H and O–H groups in total. The van der Waals surface area contributed by atoms with Crippen molar-refractivity contribution in [3.63, 3.8) is 0 Å². The summed E-state index contributed by atoms with van der Waals surface area (Å²) < 4.78 is 5.70. The van der Waals surface area contributed by atoms with Gasteiger partial charge in [-0.15, -0.1) is 0 Å². The molecule has 0 amide bonds. The lowest BCUT2D eigenvalue weighted by Gasteiger charge is -2.07. The second-order valence-electron chi connectivity index (χ2n) is 3.58. The molecule has 82 valence electrons. The predicted molar refractivity (Wildman–Crippen MR) is 65.0 cm³/mol. The lowest BCUT2D eigenvalue weighted by Crippen LogP contribution is -1.91.